The third kappa shape index (κ3) is 3.52. The molecule has 134 valence electrons. The number of aromatic nitrogens is 2. The van der Waals surface area contributed by atoms with Crippen molar-refractivity contribution in [3.8, 4) is 5.75 Å². The molecule has 1 unspecified atom stereocenters. The zero-order valence-corrected chi connectivity index (χ0v) is 15.1. The molecule has 1 aromatic carbocycles. The lowest BCUT2D eigenvalue weighted by Gasteiger charge is -2.23. The predicted molar refractivity (Wildman–Crippen MR) is 91.8 cm³/mol. The van der Waals surface area contributed by atoms with E-state index in [4.69, 9.17) is 4.74 Å². The van der Waals surface area contributed by atoms with E-state index in [1.54, 1.807) is 17.7 Å². The Morgan fingerprint density at radius 3 is 2.84 bits per heavy atom. The van der Waals surface area contributed by atoms with Gasteiger partial charge in [0.2, 0.25) is 10.0 Å². The molecule has 0 saturated heterocycles. The van der Waals surface area contributed by atoms with Crippen LogP contribution in [0, 0.1) is 6.92 Å². The van der Waals surface area contributed by atoms with Crippen LogP contribution >= 0.6 is 0 Å². The summed E-state index contributed by atoms with van der Waals surface area (Å²) >= 11 is 0. The Kier molecular flexibility index (Phi) is 4.53. The normalized spacial score (nSPS) is 16.9. The number of hydrogen-bond acceptors (Lipinski definition) is 5. The van der Waals surface area contributed by atoms with E-state index in [1.165, 1.54) is 12.1 Å². The topological polar surface area (TPSA) is 102 Å². The van der Waals surface area contributed by atoms with Crippen molar-refractivity contribution in [2.24, 2.45) is 0 Å². The number of benzene rings is 1. The molecular formula is C16H20N4O4S. The minimum absolute atomic E-state index is 0.0592. The van der Waals surface area contributed by atoms with Gasteiger partial charge < -0.3 is 10.1 Å². The van der Waals surface area contributed by atoms with Gasteiger partial charge in [-0.25, -0.2) is 13.1 Å². The maximum absolute atomic E-state index is 12.5. The van der Waals surface area contributed by atoms with E-state index in [9.17, 15) is 13.2 Å². The van der Waals surface area contributed by atoms with E-state index in [2.05, 4.69) is 15.1 Å². The zero-order valence-electron chi connectivity index (χ0n) is 14.2. The van der Waals surface area contributed by atoms with Crippen molar-refractivity contribution in [3.05, 3.63) is 35.7 Å². The molecule has 1 aromatic heterocycles. The molecule has 0 radical (unpaired) electrons. The average molecular weight is 364 g/mol. The Hall–Kier alpha value is -2.39. The van der Waals surface area contributed by atoms with E-state index < -0.39 is 16.1 Å². The zero-order chi connectivity index (χ0) is 18.2. The number of aryl methyl sites for hydroxylation is 2. The number of anilines is 1. The molecule has 1 aliphatic rings. The summed E-state index contributed by atoms with van der Waals surface area (Å²) in [4.78, 5) is 11.7. The lowest BCUT2D eigenvalue weighted by atomic mass is 10.2. The van der Waals surface area contributed by atoms with E-state index >= 15 is 0 Å². The summed E-state index contributed by atoms with van der Waals surface area (Å²) in [5.74, 6) is 0.142. The SMILES string of the molecule is CCn1nc(C)cc1CNS(=O)(=O)c1ccc2c(c1)NC(=O)C(C)O2. The maximum Gasteiger partial charge on any atom is 0.265 e. The van der Waals surface area contributed by atoms with Gasteiger partial charge in [0, 0.05) is 6.54 Å². The van der Waals surface area contributed by atoms with Crippen LogP contribution in [0.15, 0.2) is 29.2 Å². The number of ether oxygens (including phenoxy) is 1. The van der Waals surface area contributed by atoms with E-state index in [0.717, 1.165) is 11.4 Å². The van der Waals surface area contributed by atoms with Crippen LogP contribution in [0.1, 0.15) is 25.2 Å². The summed E-state index contributed by atoms with van der Waals surface area (Å²) in [5.41, 5.74) is 1.96. The van der Waals surface area contributed by atoms with Gasteiger partial charge in [0.25, 0.3) is 5.91 Å². The fraction of sp³-hybridized carbons (Fsp3) is 0.375. The number of fused-ring (bicyclic) bond motifs is 1. The van der Waals surface area contributed by atoms with Gasteiger partial charge in [-0.1, -0.05) is 0 Å². The van der Waals surface area contributed by atoms with E-state index in [0.29, 0.717) is 18.0 Å². The summed E-state index contributed by atoms with van der Waals surface area (Å²) in [6.45, 7) is 6.22. The van der Waals surface area contributed by atoms with Gasteiger partial charge >= 0.3 is 0 Å². The van der Waals surface area contributed by atoms with Crippen molar-refractivity contribution in [1.82, 2.24) is 14.5 Å². The number of nitrogens with one attached hydrogen (secondary N) is 2. The minimum atomic E-state index is -3.74. The predicted octanol–water partition coefficient (Wildman–Crippen LogP) is 1.41. The molecule has 3 rings (SSSR count). The van der Waals surface area contributed by atoms with Gasteiger partial charge in [0.15, 0.2) is 6.10 Å². The average Bonchev–Trinajstić information content (AvgIpc) is 2.93. The largest absolute Gasteiger partial charge is 0.479 e. The molecule has 0 spiro atoms. The number of amides is 1. The standard InChI is InChI=1S/C16H20N4O4S/c1-4-20-12(7-10(2)19-20)9-17-25(22,23)13-5-6-15-14(8-13)18-16(21)11(3)24-15/h5-8,11,17H,4,9H2,1-3H3,(H,18,21). The van der Waals surface area contributed by atoms with Crippen LogP contribution < -0.4 is 14.8 Å². The Balaban J connectivity index is 1.81. The summed E-state index contributed by atoms with van der Waals surface area (Å²) < 4.78 is 34.8. The first-order valence-corrected chi connectivity index (χ1v) is 9.43. The van der Waals surface area contributed by atoms with Crippen molar-refractivity contribution >= 4 is 21.6 Å². The van der Waals surface area contributed by atoms with E-state index in [1.807, 2.05) is 19.9 Å². The molecular weight excluding hydrogens is 344 g/mol. The van der Waals surface area contributed by atoms with Crippen LogP contribution in [0.5, 0.6) is 5.75 Å². The Labute approximate surface area is 146 Å². The number of sulfonamides is 1. The van der Waals surface area contributed by atoms with Crippen molar-refractivity contribution in [3.63, 3.8) is 0 Å². The maximum atomic E-state index is 12.5. The molecule has 1 atom stereocenters. The number of nitrogens with zero attached hydrogens (tertiary/aromatic N) is 2. The van der Waals surface area contributed by atoms with Crippen LogP contribution in [0.3, 0.4) is 0 Å². The molecule has 2 heterocycles. The Morgan fingerprint density at radius 2 is 2.12 bits per heavy atom. The molecule has 0 aliphatic carbocycles. The summed E-state index contributed by atoms with van der Waals surface area (Å²) in [6, 6.07) is 6.23. The highest BCUT2D eigenvalue weighted by molar-refractivity contribution is 7.89. The third-order valence-corrected chi connectivity index (χ3v) is 5.32. The van der Waals surface area contributed by atoms with Gasteiger partial charge in [-0.05, 0) is 45.0 Å². The molecule has 0 saturated carbocycles. The molecule has 8 nitrogen and oxygen atoms in total. The van der Waals surface area contributed by atoms with Crippen LogP contribution in [0.4, 0.5) is 5.69 Å². The monoisotopic (exact) mass is 364 g/mol. The second kappa shape index (κ2) is 6.49. The van der Waals surface area contributed by atoms with Gasteiger partial charge in [-0.15, -0.1) is 0 Å². The van der Waals surface area contributed by atoms with Crippen LogP contribution in [0.25, 0.3) is 0 Å². The van der Waals surface area contributed by atoms with E-state index in [-0.39, 0.29) is 17.3 Å². The van der Waals surface area contributed by atoms with Crippen LogP contribution in [-0.2, 0) is 27.9 Å². The Morgan fingerprint density at radius 1 is 1.36 bits per heavy atom. The highest BCUT2D eigenvalue weighted by Gasteiger charge is 2.25. The second-order valence-electron chi connectivity index (χ2n) is 5.82. The smallest absolute Gasteiger partial charge is 0.265 e. The summed E-state index contributed by atoms with van der Waals surface area (Å²) in [5, 5.41) is 6.94. The lowest BCUT2D eigenvalue weighted by Crippen LogP contribution is -2.34. The highest BCUT2D eigenvalue weighted by Crippen LogP contribution is 2.31. The number of carbonyl (C=O) groups excluding carboxylic acids is 1. The molecule has 1 aliphatic heterocycles. The molecule has 1 amide bonds. The fourth-order valence-electron chi connectivity index (χ4n) is 2.62. The van der Waals surface area contributed by atoms with Gasteiger partial charge in [0.05, 0.1) is 28.5 Å². The quantitative estimate of drug-likeness (QED) is 0.835. The van der Waals surface area contributed by atoms with Crippen molar-refractivity contribution < 1.29 is 17.9 Å². The number of rotatable bonds is 5. The molecule has 25 heavy (non-hydrogen) atoms. The highest BCUT2D eigenvalue weighted by atomic mass is 32.2. The van der Waals surface area contributed by atoms with Crippen molar-refractivity contribution in [1.29, 1.82) is 0 Å². The minimum Gasteiger partial charge on any atom is -0.479 e. The van der Waals surface area contributed by atoms with Gasteiger partial charge in [-0.2, -0.15) is 5.10 Å². The van der Waals surface area contributed by atoms with Crippen LogP contribution in [-0.4, -0.2) is 30.2 Å². The number of hydrogen-bond donors (Lipinski definition) is 2. The number of carbonyl (C=O) groups is 1. The first-order chi connectivity index (χ1) is 11.8. The first kappa shape index (κ1) is 17.4. The van der Waals surface area contributed by atoms with Gasteiger partial charge in [0.1, 0.15) is 5.75 Å². The van der Waals surface area contributed by atoms with Crippen molar-refractivity contribution in [2.75, 3.05) is 5.32 Å². The second-order valence-corrected chi connectivity index (χ2v) is 7.59. The van der Waals surface area contributed by atoms with Gasteiger partial charge in [-0.3, -0.25) is 9.48 Å². The summed E-state index contributed by atoms with van der Waals surface area (Å²) in [6.07, 6.45) is -0.606. The summed E-state index contributed by atoms with van der Waals surface area (Å²) in [7, 11) is -3.74. The fourth-order valence-corrected chi connectivity index (χ4v) is 3.65. The third-order valence-electron chi connectivity index (χ3n) is 3.92. The first-order valence-electron chi connectivity index (χ1n) is 7.94. The Bertz CT molecular complexity index is 920. The van der Waals surface area contributed by atoms with Crippen LogP contribution in [0.2, 0.25) is 0 Å². The molecule has 2 N–H and O–H groups in total. The molecule has 0 fully saturated rings. The molecule has 9 heteroatoms. The molecule has 2 aromatic rings. The molecule has 0 bridgehead atoms. The van der Waals surface area contributed by atoms with Crippen molar-refractivity contribution in [2.45, 2.75) is 44.9 Å². The lowest BCUT2D eigenvalue weighted by molar-refractivity contribution is -0.122.